The number of carbonyl (C=O) groups excluding carboxylic acids is 2. The molecule has 11 nitrogen and oxygen atoms in total. The van der Waals surface area contributed by atoms with Crippen LogP contribution < -0.4 is 11.1 Å². The number of anilines is 1. The molecule has 0 spiro atoms. The van der Waals surface area contributed by atoms with Gasteiger partial charge in [-0.3, -0.25) is 14.1 Å². The number of nitrogens with two attached hydrogens (primary N) is 1. The zero-order valence-electron chi connectivity index (χ0n) is 13.4. The minimum atomic E-state index is -4.68. The van der Waals surface area contributed by atoms with E-state index in [0.717, 1.165) is 11.3 Å². The molecule has 2 rings (SSSR count). The Morgan fingerprint density at radius 3 is 2.69 bits per heavy atom. The van der Waals surface area contributed by atoms with Crippen molar-refractivity contribution in [3.05, 3.63) is 11.1 Å². The summed E-state index contributed by atoms with van der Waals surface area (Å²) in [5, 5.41) is 7.69. The van der Waals surface area contributed by atoms with Crippen LogP contribution in [0.5, 0.6) is 0 Å². The van der Waals surface area contributed by atoms with Crippen molar-refractivity contribution in [1.82, 2.24) is 14.6 Å². The number of oxime groups is 1. The Hall–Kier alpha value is -1.25. The molecule has 0 radical (unpaired) electrons. The third-order valence-electron chi connectivity index (χ3n) is 3.45. The fourth-order valence-electron chi connectivity index (χ4n) is 2.44. The van der Waals surface area contributed by atoms with Gasteiger partial charge in [0.2, 0.25) is 0 Å². The molecule has 1 aliphatic rings. The number of nitrogens with zero attached hydrogens (tertiary/aromatic N) is 3. The van der Waals surface area contributed by atoms with Gasteiger partial charge in [-0.2, -0.15) is 8.42 Å². The van der Waals surface area contributed by atoms with Gasteiger partial charge in [-0.05, 0) is 6.42 Å². The van der Waals surface area contributed by atoms with Crippen LogP contribution in [0.3, 0.4) is 0 Å². The van der Waals surface area contributed by atoms with Crippen LogP contribution in [0.4, 0.5) is 5.13 Å². The van der Waals surface area contributed by atoms with Crippen LogP contribution in [0.25, 0.3) is 0 Å². The third kappa shape index (κ3) is 4.72. The molecule has 1 aromatic heterocycles. The summed E-state index contributed by atoms with van der Waals surface area (Å²) in [4.78, 5) is 33.0. The molecule has 1 saturated heterocycles. The van der Waals surface area contributed by atoms with Gasteiger partial charge in [0.15, 0.2) is 10.8 Å². The van der Waals surface area contributed by atoms with Crippen molar-refractivity contribution in [3.63, 3.8) is 0 Å². The SMILES string of the molecule is CCC[C@@H]1[C@H](NC(=O)C(=NOC)c2csc(N)n2)C(=O)N1S(=O)(=O)O.[NaH]. The Bertz CT molecular complexity index is 811. The van der Waals surface area contributed by atoms with Crippen LogP contribution in [0, 0.1) is 0 Å². The molecule has 1 fully saturated rings. The van der Waals surface area contributed by atoms with Gasteiger partial charge in [0.05, 0.1) is 6.04 Å². The summed E-state index contributed by atoms with van der Waals surface area (Å²) in [5.41, 5.74) is 5.48. The van der Waals surface area contributed by atoms with Gasteiger partial charge in [0, 0.05) is 5.38 Å². The molecule has 0 saturated carbocycles. The molecule has 0 aliphatic carbocycles. The maximum absolute atomic E-state index is 12.4. The van der Waals surface area contributed by atoms with Gasteiger partial charge < -0.3 is 15.9 Å². The van der Waals surface area contributed by atoms with Crippen molar-refractivity contribution in [2.45, 2.75) is 31.8 Å². The zero-order chi connectivity index (χ0) is 18.8. The second-order valence-corrected chi connectivity index (χ2v) is 7.29. The van der Waals surface area contributed by atoms with Gasteiger partial charge >= 0.3 is 39.9 Å². The molecule has 140 valence electrons. The topological polar surface area (TPSA) is 164 Å². The standard InChI is InChI=1S/C12H17N5O6S2.Na.H/c1-3-4-7-9(11(19)17(7)25(20,21)22)15-10(18)8(16-23-2)6-5-24-12(13)14-6;;/h5,7,9H,3-4H2,1-2H3,(H2,13,14)(H,15,18)(H,20,21,22);;/t7-,9+;;/m1../s1. The van der Waals surface area contributed by atoms with Gasteiger partial charge in [-0.15, -0.1) is 11.3 Å². The second kappa shape index (κ2) is 9.10. The van der Waals surface area contributed by atoms with Gasteiger partial charge in [-0.25, -0.2) is 9.29 Å². The van der Waals surface area contributed by atoms with E-state index in [9.17, 15) is 18.0 Å². The Labute approximate surface area is 176 Å². The first-order valence-electron chi connectivity index (χ1n) is 7.14. The van der Waals surface area contributed by atoms with E-state index in [-0.39, 0.29) is 52.5 Å². The quantitative estimate of drug-likeness (QED) is 0.163. The monoisotopic (exact) mass is 415 g/mol. The molecule has 26 heavy (non-hydrogen) atoms. The first-order chi connectivity index (χ1) is 11.7. The summed E-state index contributed by atoms with van der Waals surface area (Å²) in [5.74, 6) is -1.70. The van der Waals surface area contributed by atoms with Crippen LogP contribution in [0.1, 0.15) is 25.5 Å². The maximum atomic E-state index is 12.4. The Morgan fingerprint density at radius 2 is 2.23 bits per heavy atom. The van der Waals surface area contributed by atoms with Crippen LogP contribution in [-0.2, 0) is 24.7 Å². The summed E-state index contributed by atoms with van der Waals surface area (Å²) in [6.07, 6.45) is 0.814. The number of β-lactam (4-membered cyclic amide) rings is 1. The van der Waals surface area contributed by atoms with Crippen LogP contribution in [-0.4, -0.2) is 88.5 Å². The van der Waals surface area contributed by atoms with Crippen molar-refractivity contribution in [2.24, 2.45) is 5.16 Å². The van der Waals surface area contributed by atoms with Gasteiger partial charge in [-0.1, -0.05) is 18.5 Å². The van der Waals surface area contributed by atoms with E-state index in [1.54, 1.807) is 6.92 Å². The molecule has 0 unspecified atom stereocenters. The first-order valence-corrected chi connectivity index (χ1v) is 9.42. The summed E-state index contributed by atoms with van der Waals surface area (Å²) in [6.45, 7) is 1.78. The first kappa shape index (κ1) is 22.8. The van der Waals surface area contributed by atoms with E-state index >= 15 is 0 Å². The number of amides is 2. The van der Waals surface area contributed by atoms with E-state index in [1.807, 2.05) is 0 Å². The number of nitrogen functional groups attached to an aromatic ring is 1. The summed E-state index contributed by atoms with van der Waals surface area (Å²) in [6, 6.07) is -1.98. The predicted octanol–water partition coefficient (Wildman–Crippen LogP) is -1.27. The molecular formula is C12H18N5NaO6S2. The van der Waals surface area contributed by atoms with Crippen molar-refractivity contribution in [2.75, 3.05) is 12.8 Å². The van der Waals surface area contributed by atoms with E-state index in [4.69, 9.17) is 10.3 Å². The van der Waals surface area contributed by atoms with Crippen molar-refractivity contribution in [3.8, 4) is 0 Å². The average Bonchev–Trinajstić information content (AvgIpc) is 2.94. The van der Waals surface area contributed by atoms with E-state index < -0.39 is 34.2 Å². The number of nitrogens with one attached hydrogen (secondary N) is 1. The van der Waals surface area contributed by atoms with Crippen LogP contribution in [0.15, 0.2) is 10.5 Å². The number of hydrogen-bond donors (Lipinski definition) is 3. The summed E-state index contributed by atoms with van der Waals surface area (Å²) in [7, 11) is -3.45. The number of aromatic nitrogens is 1. The normalized spacial score (nSPS) is 20.2. The Balaban J connectivity index is 0.00000338. The molecule has 2 amide bonds. The Kier molecular flexibility index (Phi) is 7.98. The third-order valence-corrected chi connectivity index (χ3v) is 5.07. The number of carbonyl (C=O) groups is 2. The molecule has 4 N–H and O–H groups in total. The zero-order valence-corrected chi connectivity index (χ0v) is 15.0. The van der Waals surface area contributed by atoms with Gasteiger partial charge in [0.1, 0.15) is 18.8 Å². The van der Waals surface area contributed by atoms with Crippen LogP contribution in [0.2, 0.25) is 0 Å². The van der Waals surface area contributed by atoms with E-state index in [2.05, 4.69) is 20.3 Å². The molecule has 14 heteroatoms. The molecule has 1 aliphatic heterocycles. The fraction of sp³-hybridized carbons (Fsp3) is 0.500. The number of thiazole rings is 1. The van der Waals surface area contributed by atoms with Gasteiger partial charge in [0.25, 0.3) is 11.8 Å². The van der Waals surface area contributed by atoms with E-state index in [1.165, 1.54) is 12.5 Å². The fourth-order valence-corrected chi connectivity index (χ4v) is 3.90. The van der Waals surface area contributed by atoms with Crippen molar-refractivity contribution < 1.29 is 27.4 Å². The molecule has 0 aromatic carbocycles. The average molecular weight is 415 g/mol. The predicted molar refractivity (Wildman–Crippen MR) is 96.2 cm³/mol. The molecule has 0 bridgehead atoms. The van der Waals surface area contributed by atoms with Crippen molar-refractivity contribution in [1.29, 1.82) is 0 Å². The summed E-state index contributed by atoms with van der Waals surface area (Å²) >= 11 is 1.09. The molecule has 1 aromatic rings. The summed E-state index contributed by atoms with van der Waals surface area (Å²) < 4.78 is 32.1. The molecule has 2 heterocycles. The number of hydrogen-bond acceptors (Lipinski definition) is 9. The number of rotatable bonds is 7. The van der Waals surface area contributed by atoms with E-state index in [0.29, 0.717) is 10.7 Å². The molecular weight excluding hydrogens is 397 g/mol. The molecule has 2 atom stereocenters. The minimum absolute atomic E-state index is 0. The second-order valence-electron chi connectivity index (χ2n) is 5.11. The van der Waals surface area contributed by atoms with Crippen molar-refractivity contribution >= 4 is 73.9 Å². The Morgan fingerprint density at radius 1 is 1.58 bits per heavy atom. The van der Waals surface area contributed by atoms with Crippen LogP contribution >= 0.6 is 11.3 Å².